The Morgan fingerprint density at radius 3 is 2.47 bits per heavy atom. The summed E-state index contributed by atoms with van der Waals surface area (Å²) in [6.45, 7) is 1.55. The third kappa shape index (κ3) is 5.32. The van der Waals surface area contributed by atoms with E-state index in [4.69, 9.17) is 9.47 Å². The summed E-state index contributed by atoms with van der Waals surface area (Å²) in [6.07, 6.45) is 4.25. The lowest BCUT2D eigenvalue weighted by Crippen LogP contribution is -2.54. The molecular formula is C22H26F2N6O4. The van der Waals surface area contributed by atoms with Crippen LogP contribution in [0.15, 0.2) is 30.7 Å². The van der Waals surface area contributed by atoms with E-state index in [9.17, 15) is 18.4 Å². The number of pyridine rings is 1. The number of rotatable bonds is 8. The second-order valence-corrected chi connectivity index (χ2v) is 8.65. The molecule has 2 fully saturated rings. The number of carbonyl (C=O) groups excluding carboxylic acids is 2. The number of halogens is 2. The van der Waals surface area contributed by atoms with E-state index in [0.29, 0.717) is 43.4 Å². The van der Waals surface area contributed by atoms with E-state index in [1.165, 1.54) is 18.3 Å². The number of amides is 2. The molecule has 34 heavy (non-hydrogen) atoms. The molecule has 4 heterocycles. The fourth-order valence-electron chi connectivity index (χ4n) is 3.69. The SMILES string of the molecule is CN(C)C(=O)C1CN(c2ncc(N3CC[C@@H](Oc4ccc(OCC(C)(F)F)nc4)C3=O)cn2)C1. The van der Waals surface area contributed by atoms with Crippen molar-refractivity contribution in [1.82, 2.24) is 19.9 Å². The van der Waals surface area contributed by atoms with E-state index < -0.39 is 18.6 Å². The van der Waals surface area contributed by atoms with Gasteiger partial charge in [-0.05, 0) is 6.07 Å². The first kappa shape index (κ1) is 23.6. The van der Waals surface area contributed by atoms with Gasteiger partial charge in [-0.1, -0.05) is 0 Å². The number of hydrogen-bond acceptors (Lipinski definition) is 8. The Hall–Kier alpha value is -3.57. The molecule has 0 saturated carbocycles. The zero-order chi connectivity index (χ0) is 24.5. The molecule has 0 N–H and O–H groups in total. The van der Waals surface area contributed by atoms with E-state index in [2.05, 4.69) is 15.0 Å². The highest BCUT2D eigenvalue weighted by molar-refractivity contribution is 5.98. The van der Waals surface area contributed by atoms with Crippen molar-refractivity contribution in [3.63, 3.8) is 0 Å². The van der Waals surface area contributed by atoms with Crippen LogP contribution in [0.1, 0.15) is 13.3 Å². The van der Waals surface area contributed by atoms with Crippen LogP contribution in [0, 0.1) is 5.92 Å². The highest BCUT2D eigenvalue weighted by atomic mass is 19.3. The molecule has 4 rings (SSSR count). The predicted octanol–water partition coefficient (Wildman–Crippen LogP) is 1.61. The molecule has 2 aliphatic rings. The molecular weight excluding hydrogens is 450 g/mol. The number of ether oxygens (including phenoxy) is 2. The zero-order valence-corrected chi connectivity index (χ0v) is 19.1. The van der Waals surface area contributed by atoms with Gasteiger partial charge in [-0.3, -0.25) is 9.59 Å². The summed E-state index contributed by atoms with van der Waals surface area (Å²) in [5.41, 5.74) is 0.559. The van der Waals surface area contributed by atoms with E-state index in [1.807, 2.05) is 4.90 Å². The summed E-state index contributed by atoms with van der Waals surface area (Å²) in [7, 11) is 3.47. The molecule has 0 radical (unpaired) electrons. The summed E-state index contributed by atoms with van der Waals surface area (Å²) in [6, 6.07) is 2.93. The lowest BCUT2D eigenvalue weighted by atomic mass is 9.99. The highest BCUT2D eigenvalue weighted by Crippen LogP contribution is 2.27. The number of anilines is 2. The molecule has 2 saturated heterocycles. The Balaban J connectivity index is 1.30. The molecule has 2 aromatic rings. The second kappa shape index (κ2) is 9.35. The van der Waals surface area contributed by atoms with E-state index in [-0.39, 0.29) is 23.6 Å². The largest absolute Gasteiger partial charge is 0.479 e. The van der Waals surface area contributed by atoms with Crippen molar-refractivity contribution < 1.29 is 27.8 Å². The Morgan fingerprint density at radius 2 is 1.88 bits per heavy atom. The van der Waals surface area contributed by atoms with Gasteiger partial charge in [0.15, 0.2) is 12.7 Å². The minimum absolute atomic E-state index is 0.0464. The standard InChI is InChI=1S/C22H26F2N6O4/c1-22(23,24)13-33-18-5-4-16(10-25-18)34-17-6-7-30(20(17)32)15-8-26-21(27-9-15)29-11-14(12-29)19(31)28(2)3/h4-5,8-10,14,17H,6-7,11-13H2,1-3H3/t17-/m1/s1. The fraction of sp³-hybridized carbons (Fsp3) is 0.500. The van der Waals surface area contributed by atoms with Gasteiger partial charge in [0.05, 0.1) is 30.2 Å². The van der Waals surface area contributed by atoms with Crippen molar-refractivity contribution in [2.45, 2.75) is 25.4 Å². The number of alkyl halides is 2. The first-order valence-electron chi connectivity index (χ1n) is 10.8. The van der Waals surface area contributed by atoms with Crippen LogP contribution in [-0.4, -0.2) is 84.0 Å². The van der Waals surface area contributed by atoms with Crippen LogP contribution >= 0.6 is 0 Å². The van der Waals surface area contributed by atoms with Crippen molar-refractivity contribution in [1.29, 1.82) is 0 Å². The summed E-state index contributed by atoms with van der Waals surface area (Å²) in [4.78, 5) is 42.5. The van der Waals surface area contributed by atoms with Crippen LogP contribution in [0.2, 0.25) is 0 Å². The van der Waals surface area contributed by atoms with Gasteiger partial charge in [0, 0.05) is 53.1 Å². The third-order valence-corrected chi connectivity index (χ3v) is 5.51. The molecule has 0 aliphatic carbocycles. The van der Waals surface area contributed by atoms with Gasteiger partial charge in [0.1, 0.15) is 5.75 Å². The number of carbonyl (C=O) groups is 2. The minimum atomic E-state index is -2.96. The molecule has 0 bridgehead atoms. The van der Waals surface area contributed by atoms with Crippen molar-refractivity contribution in [2.24, 2.45) is 5.92 Å². The van der Waals surface area contributed by atoms with Crippen LogP contribution in [0.25, 0.3) is 0 Å². The van der Waals surface area contributed by atoms with Crippen LogP contribution in [0.5, 0.6) is 11.6 Å². The molecule has 12 heteroatoms. The number of nitrogens with zero attached hydrogens (tertiary/aromatic N) is 6. The smallest absolute Gasteiger partial charge is 0.278 e. The van der Waals surface area contributed by atoms with Crippen molar-refractivity contribution in [2.75, 3.05) is 50.1 Å². The van der Waals surface area contributed by atoms with Crippen molar-refractivity contribution in [3.8, 4) is 11.6 Å². The van der Waals surface area contributed by atoms with Gasteiger partial charge in [-0.15, -0.1) is 0 Å². The lowest BCUT2D eigenvalue weighted by molar-refractivity contribution is -0.133. The quantitative estimate of drug-likeness (QED) is 0.567. The fourth-order valence-corrected chi connectivity index (χ4v) is 3.69. The maximum Gasteiger partial charge on any atom is 0.278 e. The van der Waals surface area contributed by atoms with Gasteiger partial charge in [0.2, 0.25) is 17.7 Å². The molecule has 182 valence electrons. The van der Waals surface area contributed by atoms with E-state index >= 15 is 0 Å². The van der Waals surface area contributed by atoms with Crippen LogP contribution < -0.4 is 19.3 Å². The van der Waals surface area contributed by atoms with Gasteiger partial charge >= 0.3 is 0 Å². The average molecular weight is 476 g/mol. The lowest BCUT2D eigenvalue weighted by Gasteiger charge is -2.39. The molecule has 2 amide bonds. The molecule has 10 nitrogen and oxygen atoms in total. The summed E-state index contributed by atoms with van der Waals surface area (Å²) in [5, 5.41) is 0. The maximum absolute atomic E-state index is 12.9. The number of aromatic nitrogens is 3. The zero-order valence-electron chi connectivity index (χ0n) is 19.1. The number of hydrogen-bond donors (Lipinski definition) is 0. The van der Waals surface area contributed by atoms with E-state index in [1.54, 1.807) is 36.3 Å². The van der Waals surface area contributed by atoms with Crippen LogP contribution in [-0.2, 0) is 9.59 Å². The van der Waals surface area contributed by atoms with E-state index in [0.717, 1.165) is 6.92 Å². The van der Waals surface area contributed by atoms with Gasteiger partial charge in [-0.25, -0.2) is 23.7 Å². The summed E-state index contributed by atoms with van der Waals surface area (Å²) >= 11 is 0. The highest BCUT2D eigenvalue weighted by Gasteiger charge is 2.37. The molecule has 2 aliphatic heterocycles. The van der Waals surface area contributed by atoms with Crippen LogP contribution in [0.4, 0.5) is 20.4 Å². The molecule has 0 aromatic carbocycles. The molecule has 2 aromatic heterocycles. The maximum atomic E-state index is 12.9. The topological polar surface area (TPSA) is 101 Å². The second-order valence-electron chi connectivity index (χ2n) is 8.65. The first-order chi connectivity index (χ1) is 16.1. The Kier molecular flexibility index (Phi) is 6.49. The summed E-state index contributed by atoms with van der Waals surface area (Å²) in [5.74, 6) is -2.27. The van der Waals surface area contributed by atoms with Crippen LogP contribution in [0.3, 0.4) is 0 Å². The Morgan fingerprint density at radius 1 is 1.18 bits per heavy atom. The van der Waals surface area contributed by atoms with Crippen molar-refractivity contribution in [3.05, 3.63) is 30.7 Å². The van der Waals surface area contributed by atoms with Gasteiger partial charge in [-0.2, -0.15) is 0 Å². The third-order valence-electron chi connectivity index (χ3n) is 5.51. The minimum Gasteiger partial charge on any atom is -0.479 e. The first-order valence-corrected chi connectivity index (χ1v) is 10.8. The van der Waals surface area contributed by atoms with Crippen molar-refractivity contribution >= 4 is 23.5 Å². The normalized spacial score (nSPS) is 18.6. The predicted molar refractivity (Wildman–Crippen MR) is 118 cm³/mol. The monoisotopic (exact) mass is 476 g/mol. The molecule has 1 atom stereocenters. The van der Waals surface area contributed by atoms with Gasteiger partial charge < -0.3 is 24.2 Å². The Labute approximate surface area is 195 Å². The summed E-state index contributed by atoms with van der Waals surface area (Å²) < 4.78 is 36.4. The Bertz CT molecular complexity index is 1020. The molecule has 0 unspecified atom stereocenters. The van der Waals surface area contributed by atoms with Gasteiger partial charge in [0.25, 0.3) is 11.8 Å². The molecule has 0 spiro atoms. The average Bonchev–Trinajstić information content (AvgIpc) is 3.12.